The summed E-state index contributed by atoms with van der Waals surface area (Å²) < 4.78 is 39.9. The molecule has 1 aromatic carbocycles. The van der Waals surface area contributed by atoms with Gasteiger partial charge in [-0.2, -0.15) is 0 Å². The second-order valence-corrected chi connectivity index (χ2v) is 20.3. The maximum atomic E-state index is 14.7. The molecule has 3 saturated carbocycles. The van der Waals surface area contributed by atoms with E-state index in [0.717, 1.165) is 49.7 Å². The zero-order chi connectivity index (χ0) is 38.8. The van der Waals surface area contributed by atoms with Crippen LogP contribution in [-0.4, -0.2) is 77.4 Å². The molecule has 3 amide bonds. The number of ketones is 1. The molecule has 3 aliphatic carbocycles. The number of aryl methyl sites for hydroxylation is 1. The maximum Gasteiger partial charge on any atom is 0.410 e. The van der Waals surface area contributed by atoms with Crippen molar-refractivity contribution in [3.63, 3.8) is 0 Å². The summed E-state index contributed by atoms with van der Waals surface area (Å²) in [4.78, 5) is 73.1. The lowest BCUT2D eigenvalue weighted by Gasteiger charge is -2.35. The molecule has 6 aliphatic rings. The largest absolute Gasteiger partial charge is 0.459 e. The third-order valence-corrected chi connectivity index (χ3v) is 15.1. The SMILES string of the molecule is CC[C@@H]1C[C@]1(CC(=O)[C@@H]1C[C@@H]2CN1C(=O)[C@H](C(C)(C)C)CC(=O)O[C@]1(C)C[C@H]1CCCCCc1cccc3c1CN(C3)C(=O)O2)C(=O)NS(=O)(=O)C1CC1. The average molecular weight is 768 g/mol. The first-order valence-corrected chi connectivity index (χ1v) is 21.6. The number of esters is 1. The molecular weight excluding hydrogens is 711 g/mol. The van der Waals surface area contributed by atoms with E-state index in [4.69, 9.17) is 9.47 Å². The highest BCUT2D eigenvalue weighted by Gasteiger charge is 2.62. The van der Waals surface area contributed by atoms with Crippen molar-refractivity contribution in [1.29, 1.82) is 0 Å². The Bertz CT molecular complexity index is 1820. The van der Waals surface area contributed by atoms with E-state index in [2.05, 4.69) is 10.8 Å². The number of carbonyl (C=O) groups excluding carboxylic acids is 5. The average Bonchev–Trinajstić information content (AvgIpc) is 4.05. The number of nitrogens with zero attached hydrogens (tertiary/aromatic N) is 2. The van der Waals surface area contributed by atoms with Gasteiger partial charge < -0.3 is 14.4 Å². The summed E-state index contributed by atoms with van der Waals surface area (Å²) in [5.41, 5.74) is 1.03. The third-order valence-electron chi connectivity index (χ3n) is 13.3. The molecule has 4 bridgehead atoms. The highest BCUT2D eigenvalue weighted by molar-refractivity contribution is 7.90. The molecule has 13 heteroatoms. The Kier molecular flexibility index (Phi) is 10.2. The van der Waals surface area contributed by atoms with Gasteiger partial charge in [-0.25, -0.2) is 13.2 Å². The Morgan fingerprint density at radius 2 is 1.74 bits per heavy atom. The van der Waals surface area contributed by atoms with Crippen LogP contribution < -0.4 is 4.72 Å². The van der Waals surface area contributed by atoms with E-state index < -0.39 is 73.6 Å². The molecule has 1 saturated heterocycles. The van der Waals surface area contributed by atoms with Gasteiger partial charge in [-0.15, -0.1) is 0 Å². The van der Waals surface area contributed by atoms with Gasteiger partial charge in [0.2, 0.25) is 21.8 Å². The van der Waals surface area contributed by atoms with Crippen molar-refractivity contribution in [2.75, 3.05) is 6.54 Å². The number of Topliss-reactive ketones (excluding diaryl/α,β-unsaturated/α-hetero) is 1. The van der Waals surface area contributed by atoms with Gasteiger partial charge in [-0.1, -0.05) is 65.2 Å². The van der Waals surface area contributed by atoms with Crippen molar-refractivity contribution in [3.05, 3.63) is 34.9 Å². The van der Waals surface area contributed by atoms with E-state index in [9.17, 15) is 32.4 Å². The predicted molar refractivity (Wildman–Crippen MR) is 199 cm³/mol. The van der Waals surface area contributed by atoms with Crippen LogP contribution in [0.15, 0.2) is 18.2 Å². The molecule has 7 rings (SSSR count). The first-order chi connectivity index (χ1) is 25.4. The highest BCUT2D eigenvalue weighted by Crippen LogP contribution is 2.58. The van der Waals surface area contributed by atoms with Crippen LogP contribution >= 0.6 is 0 Å². The number of nitrogens with one attached hydrogen (secondary N) is 1. The number of carbonyl (C=O) groups is 5. The minimum Gasteiger partial charge on any atom is -0.459 e. The van der Waals surface area contributed by atoms with Gasteiger partial charge in [0, 0.05) is 31.8 Å². The minimum atomic E-state index is -3.83. The smallest absolute Gasteiger partial charge is 0.410 e. The number of hydrogen-bond donors (Lipinski definition) is 1. The van der Waals surface area contributed by atoms with Crippen molar-refractivity contribution in [2.45, 2.75) is 154 Å². The van der Waals surface area contributed by atoms with Crippen LogP contribution in [0.3, 0.4) is 0 Å². The molecule has 0 aromatic heterocycles. The Labute approximate surface area is 319 Å². The normalized spacial score (nSPS) is 33.3. The summed E-state index contributed by atoms with van der Waals surface area (Å²) in [5, 5.41) is -0.590. The number of amides is 3. The van der Waals surface area contributed by atoms with Crippen LogP contribution in [0.1, 0.15) is 128 Å². The van der Waals surface area contributed by atoms with Crippen molar-refractivity contribution in [3.8, 4) is 0 Å². The van der Waals surface area contributed by atoms with Crippen LogP contribution in [-0.2, 0) is 58.2 Å². The van der Waals surface area contributed by atoms with Gasteiger partial charge >= 0.3 is 12.1 Å². The molecule has 0 unspecified atom stereocenters. The molecule has 7 atom stereocenters. The zero-order valence-electron chi connectivity index (χ0n) is 32.5. The second-order valence-electron chi connectivity index (χ2n) is 18.4. The second kappa shape index (κ2) is 14.2. The maximum absolute atomic E-state index is 14.7. The Hall–Kier alpha value is -3.48. The lowest BCUT2D eigenvalue weighted by Crippen LogP contribution is -2.48. The van der Waals surface area contributed by atoms with E-state index >= 15 is 0 Å². The number of ether oxygens (including phenoxy) is 2. The lowest BCUT2D eigenvalue weighted by molar-refractivity contribution is -0.158. The van der Waals surface area contributed by atoms with Gasteiger partial charge in [-0.3, -0.25) is 28.8 Å². The molecular formula is C41H57N3O9S. The monoisotopic (exact) mass is 767 g/mol. The lowest BCUT2D eigenvalue weighted by atomic mass is 9.77. The Balaban J connectivity index is 1.16. The predicted octanol–water partition coefficient (Wildman–Crippen LogP) is 5.58. The topological polar surface area (TPSA) is 156 Å². The molecule has 12 nitrogen and oxygen atoms in total. The van der Waals surface area contributed by atoms with Crippen LogP contribution in [0.2, 0.25) is 0 Å². The van der Waals surface area contributed by atoms with Gasteiger partial charge in [0.1, 0.15) is 11.7 Å². The number of hydrogen-bond acceptors (Lipinski definition) is 9. The van der Waals surface area contributed by atoms with E-state index in [1.54, 1.807) is 4.90 Å². The van der Waals surface area contributed by atoms with Crippen molar-refractivity contribution in [2.24, 2.45) is 28.6 Å². The molecule has 4 fully saturated rings. The summed E-state index contributed by atoms with van der Waals surface area (Å²) in [6, 6.07) is 5.18. The summed E-state index contributed by atoms with van der Waals surface area (Å²) in [7, 11) is -3.83. The minimum absolute atomic E-state index is 0.0400. The Morgan fingerprint density at radius 1 is 1.00 bits per heavy atom. The van der Waals surface area contributed by atoms with Gasteiger partial charge in [0.05, 0.1) is 35.6 Å². The fraction of sp³-hybridized carbons (Fsp3) is 0.732. The molecule has 3 heterocycles. The third kappa shape index (κ3) is 7.80. The number of benzene rings is 1. The van der Waals surface area contributed by atoms with Crippen molar-refractivity contribution in [1.82, 2.24) is 14.5 Å². The van der Waals surface area contributed by atoms with Crippen molar-refractivity contribution < 1.29 is 41.9 Å². The van der Waals surface area contributed by atoms with Crippen LogP contribution in [0.25, 0.3) is 0 Å². The molecule has 1 aromatic rings. The summed E-state index contributed by atoms with van der Waals surface area (Å²) in [5.74, 6) is -2.64. The summed E-state index contributed by atoms with van der Waals surface area (Å²) >= 11 is 0. The van der Waals surface area contributed by atoms with Crippen LogP contribution in [0.4, 0.5) is 4.79 Å². The summed E-state index contributed by atoms with van der Waals surface area (Å²) in [6.45, 7) is 10.3. The first kappa shape index (κ1) is 38.8. The quantitative estimate of drug-likeness (QED) is 0.350. The van der Waals surface area contributed by atoms with E-state index in [1.807, 2.05) is 46.8 Å². The van der Waals surface area contributed by atoms with E-state index in [1.165, 1.54) is 10.5 Å². The van der Waals surface area contributed by atoms with Crippen LogP contribution in [0, 0.1) is 28.6 Å². The molecule has 0 radical (unpaired) electrons. The molecule has 54 heavy (non-hydrogen) atoms. The number of rotatable bonds is 7. The zero-order valence-corrected chi connectivity index (χ0v) is 33.3. The Morgan fingerprint density at radius 3 is 2.43 bits per heavy atom. The molecule has 1 N–H and O–H groups in total. The standard InChI is InChI=1S/C41H57N3O9S/c1-6-27-20-41(27,37(48)42-54(50,51)30-15-16-30)21-34(45)33-17-29-23-44(33)36(47)32(39(2,3)4)18-35(46)53-40(5)19-28(40)14-9-7-8-11-25-12-10-13-26-22-43(24-31(25)26)38(49)52-29/h10,12-13,27-30,32-33H,6-9,11,14-24H2,1-5H3,(H,42,48)/t27-,28-,29-,32-,33+,40-,41-/m1/s1. The fourth-order valence-electron chi connectivity index (χ4n) is 9.39. The van der Waals surface area contributed by atoms with Gasteiger partial charge in [-0.05, 0) is 79.9 Å². The first-order valence-electron chi connectivity index (χ1n) is 20.1. The summed E-state index contributed by atoms with van der Waals surface area (Å²) in [6.07, 6.45) is 6.03. The van der Waals surface area contributed by atoms with Gasteiger partial charge in [0.25, 0.3) is 0 Å². The van der Waals surface area contributed by atoms with Gasteiger partial charge in [0.15, 0.2) is 5.78 Å². The molecule has 296 valence electrons. The fourth-order valence-corrected chi connectivity index (χ4v) is 10.8. The molecule has 0 spiro atoms. The van der Waals surface area contributed by atoms with Crippen molar-refractivity contribution >= 4 is 39.7 Å². The molecule has 3 aliphatic heterocycles. The van der Waals surface area contributed by atoms with E-state index in [0.29, 0.717) is 38.8 Å². The number of sulfonamides is 1. The van der Waals surface area contributed by atoms with E-state index in [-0.39, 0.29) is 43.4 Å². The number of fused-ring (bicyclic) bond motifs is 4. The van der Waals surface area contributed by atoms with Crippen LogP contribution in [0.5, 0.6) is 0 Å². The highest BCUT2D eigenvalue weighted by atomic mass is 32.2.